The second-order valence-corrected chi connectivity index (χ2v) is 4.75. The van der Waals surface area contributed by atoms with Crippen LogP contribution in [0.15, 0.2) is 43.1 Å². The molecule has 3 aromatic rings. The van der Waals surface area contributed by atoms with Gasteiger partial charge in [-0.3, -0.25) is 0 Å². The fourth-order valence-corrected chi connectivity index (χ4v) is 2.19. The summed E-state index contributed by atoms with van der Waals surface area (Å²) in [6.45, 7) is 4.04. The highest BCUT2D eigenvalue weighted by Crippen LogP contribution is 2.28. The Morgan fingerprint density at radius 1 is 1.20 bits per heavy atom. The lowest BCUT2D eigenvalue weighted by atomic mass is 10.0. The molecule has 5 nitrogen and oxygen atoms in total. The summed E-state index contributed by atoms with van der Waals surface area (Å²) in [5, 5.41) is 0. The molecule has 0 saturated heterocycles. The van der Waals surface area contributed by atoms with Crippen molar-refractivity contribution in [1.82, 2.24) is 19.5 Å². The molecule has 2 N–H and O–H groups in total. The number of aryl methyl sites for hydroxylation is 2. The van der Waals surface area contributed by atoms with E-state index >= 15 is 0 Å². The number of imidazole rings is 1. The van der Waals surface area contributed by atoms with Gasteiger partial charge in [-0.2, -0.15) is 0 Å². The van der Waals surface area contributed by atoms with E-state index in [9.17, 15) is 0 Å². The van der Waals surface area contributed by atoms with Crippen LogP contribution in [0.25, 0.3) is 16.9 Å². The Morgan fingerprint density at radius 3 is 2.80 bits per heavy atom. The number of aromatic nitrogens is 4. The smallest absolute Gasteiger partial charge is 0.220 e. The SMILES string of the molecule is Cc1ccc(-n2ccnc2)c(-c2nc(N)ncc2C)c1. The molecule has 0 aliphatic heterocycles. The first-order valence-electron chi connectivity index (χ1n) is 6.33. The molecule has 20 heavy (non-hydrogen) atoms. The van der Waals surface area contributed by atoms with Crippen LogP contribution in [0.1, 0.15) is 11.1 Å². The third-order valence-electron chi connectivity index (χ3n) is 3.18. The van der Waals surface area contributed by atoms with E-state index in [1.54, 1.807) is 18.7 Å². The van der Waals surface area contributed by atoms with Gasteiger partial charge in [0.05, 0.1) is 17.7 Å². The lowest BCUT2D eigenvalue weighted by molar-refractivity contribution is 1.05. The number of anilines is 1. The zero-order chi connectivity index (χ0) is 14.1. The lowest BCUT2D eigenvalue weighted by Gasteiger charge is -2.13. The molecule has 2 heterocycles. The topological polar surface area (TPSA) is 69.6 Å². The average Bonchev–Trinajstić information content (AvgIpc) is 2.95. The minimum absolute atomic E-state index is 0.281. The normalized spacial score (nSPS) is 10.7. The maximum Gasteiger partial charge on any atom is 0.220 e. The molecule has 0 fully saturated rings. The monoisotopic (exact) mass is 265 g/mol. The van der Waals surface area contributed by atoms with E-state index in [-0.39, 0.29) is 5.95 Å². The van der Waals surface area contributed by atoms with Crippen molar-refractivity contribution in [2.75, 3.05) is 5.73 Å². The molecule has 0 atom stereocenters. The van der Waals surface area contributed by atoms with Crippen molar-refractivity contribution in [3.05, 3.63) is 54.2 Å². The predicted molar refractivity (Wildman–Crippen MR) is 78.5 cm³/mol. The van der Waals surface area contributed by atoms with Gasteiger partial charge in [0.15, 0.2) is 0 Å². The molecule has 0 spiro atoms. The molecular weight excluding hydrogens is 250 g/mol. The predicted octanol–water partition coefficient (Wildman–Crippen LogP) is 2.53. The molecule has 0 amide bonds. The number of nitrogens with two attached hydrogens (primary N) is 1. The van der Waals surface area contributed by atoms with Crippen LogP contribution < -0.4 is 5.73 Å². The van der Waals surface area contributed by atoms with Crippen LogP contribution >= 0.6 is 0 Å². The second-order valence-electron chi connectivity index (χ2n) is 4.75. The van der Waals surface area contributed by atoms with Crippen LogP contribution in [-0.2, 0) is 0 Å². The number of rotatable bonds is 2. The van der Waals surface area contributed by atoms with Gasteiger partial charge in [-0.15, -0.1) is 0 Å². The molecule has 5 heteroatoms. The molecule has 0 unspecified atom stereocenters. The molecule has 0 bridgehead atoms. The maximum atomic E-state index is 5.73. The molecule has 0 radical (unpaired) electrons. The molecule has 0 saturated carbocycles. The molecule has 1 aromatic carbocycles. The fraction of sp³-hybridized carbons (Fsp3) is 0.133. The van der Waals surface area contributed by atoms with Gasteiger partial charge in [-0.05, 0) is 31.5 Å². The summed E-state index contributed by atoms with van der Waals surface area (Å²) >= 11 is 0. The minimum atomic E-state index is 0.281. The highest BCUT2D eigenvalue weighted by atomic mass is 15.0. The third kappa shape index (κ3) is 2.14. The number of hydrogen-bond donors (Lipinski definition) is 1. The van der Waals surface area contributed by atoms with Crippen molar-refractivity contribution in [3.8, 4) is 16.9 Å². The van der Waals surface area contributed by atoms with Crippen molar-refractivity contribution < 1.29 is 0 Å². The van der Waals surface area contributed by atoms with Crippen molar-refractivity contribution in [1.29, 1.82) is 0 Å². The zero-order valence-corrected chi connectivity index (χ0v) is 11.4. The van der Waals surface area contributed by atoms with Gasteiger partial charge in [0.1, 0.15) is 0 Å². The van der Waals surface area contributed by atoms with Crippen molar-refractivity contribution in [2.45, 2.75) is 13.8 Å². The van der Waals surface area contributed by atoms with Crippen LogP contribution in [0, 0.1) is 13.8 Å². The largest absolute Gasteiger partial charge is 0.368 e. The summed E-state index contributed by atoms with van der Waals surface area (Å²) in [6, 6.07) is 6.23. The van der Waals surface area contributed by atoms with Gasteiger partial charge in [0.25, 0.3) is 0 Å². The van der Waals surface area contributed by atoms with Gasteiger partial charge >= 0.3 is 0 Å². The van der Waals surface area contributed by atoms with Crippen molar-refractivity contribution in [2.24, 2.45) is 0 Å². The number of hydrogen-bond acceptors (Lipinski definition) is 4. The summed E-state index contributed by atoms with van der Waals surface area (Å²) in [7, 11) is 0. The van der Waals surface area contributed by atoms with E-state index in [0.29, 0.717) is 0 Å². The number of nitrogens with zero attached hydrogens (tertiary/aromatic N) is 4. The van der Waals surface area contributed by atoms with Crippen molar-refractivity contribution in [3.63, 3.8) is 0 Å². The van der Waals surface area contributed by atoms with Crippen LogP contribution in [0.5, 0.6) is 0 Å². The molecular formula is C15H15N5. The maximum absolute atomic E-state index is 5.73. The molecule has 0 aliphatic rings. The molecule has 100 valence electrons. The molecule has 3 rings (SSSR count). The summed E-state index contributed by atoms with van der Waals surface area (Å²) in [6.07, 6.45) is 7.19. The number of nitrogen functional groups attached to an aromatic ring is 1. The van der Waals surface area contributed by atoms with E-state index in [2.05, 4.69) is 40.1 Å². The van der Waals surface area contributed by atoms with Crippen molar-refractivity contribution >= 4 is 5.95 Å². The first-order chi connectivity index (χ1) is 9.65. The number of benzene rings is 1. The van der Waals surface area contributed by atoms with Gasteiger partial charge in [-0.25, -0.2) is 15.0 Å². The highest BCUT2D eigenvalue weighted by Gasteiger charge is 2.12. The average molecular weight is 265 g/mol. The van der Waals surface area contributed by atoms with E-state index in [1.807, 2.05) is 17.7 Å². The Labute approximate surface area is 117 Å². The second kappa shape index (κ2) is 4.77. The van der Waals surface area contributed by atoms with E-state index in [1.165, 1.54) is 5.56 Å². The van der Waals surface area contributed by atoms with Gasteiger partial charge in [-0.1, -0.05) is 11.6 Å². The Kier molecular flexibility index (Phi) is 2.95. The van der Waals surface area contributed by atoms with Crippen LogP contribution in [0.2, 0.25) is 0 Å². The summed E-state index contributed by atoms with van der Waals surface area (Å²) in [5.74, 6) is 0.281. The molecule has 0 aliphatic carbocycles. The third-order valence-corrected chi connectivity index (χ3v) is 3.18. The van der Waals surface area contributed by atoms with E-state index in [4.69, 9.17) is 5.73 Å². The van der Waals surface area contributed by atoms with E-state index < -0.39 is 0 Å². The summed E-state index contributed by atoms with van der Waals surface area (Å²) in [4.78, 5) is 12.5. The summed E-state index contributed by atoms with van der Waals surface area (Å²) in [5.41, 5.74) is 10.8. The van der Waals surface area contributed by atoms with Gasteiger partial charge in [0.2, 0.25) is 5.95 Å². The molecule has 2 aromatic heterocycles. The van der Waals surface area contributed by atoms with E-state index in [0.717, 1.165) is 22.5 Å². The Hall–Kier alpha value is -2.69. The Bertz CT molecular complexity index is 747. The Balaban J connectivity index is 2.27. The lowest BCUT2D eigenvalue weighted by Crippen LogP contribution is -2.01. The first-order valence-corrected chi connectivity index (χ1v) is 6.33. The zero-order valence-electron chi connectivity index (χ0n) is 11.4. The van der Waals surface area contributed by atoms with Crippen LogP contribution in [0.4, 0.5) is 5.95 Å². The first kappa shape index (κ1) is 12.3. The van der Waals surface area contributed by atoms with Gasteiger partial charge < -0.3 is 10.3 Å². The summed E-state index contributed by atoms with van der Waals surface area (Å²) < 4.78 is 1.96. The minimum Gasteiger partial charge on any atom is -0.368 e. The quantitative estimate of drug-likeness (QED) is 0.773. The van der Waals surface area contributed by atoms with Crippen LogP contribution in [0.3, 0.4) is 0 Å². The highest BCUT2D eigenvalue weighted by molar-refractivity contribution is 5.73. The fourth-order valence-electron chi connectivity index (χ4n) is 2.19. The van der Waals surface area contributed by atoms with Gasteiger partial charge in [0, 0.05) is 24.2 Å². The Morgan fingerprint density at radius 2 is 2.05 bits per heavy atom. The van der Waals surface area contributed by atoms with Crippen LogP contribution in [-0.4, -0.2) is 19.5 Å². The standard InChI is InChI=1S/C15H15N5/c1-10-3-4-13(20-6-5-17-9-20)12(7-10)14-11(2)8-18-15(16)19-14/h3-9H,1-2H3,(H2,16,18,19).